The van der Waals surface area contributed by atoms with E-state index in [4.69, 9.17) is 10.1 Å². The van der Waals surface area contributed by atoms with Gasteiger partial charge in [-0.1, -0.05) is 18.6 Å². The monoisotopic (exact) mass is 312 g/mol. The van der Waals surface area contributed by atoms with E-state index >= 15 is 0 Å². The Labute approximate surface area is 136 Å². The number of aromatic nitrogens is 1. The predicted molar refractivity (Wildman–Crippen MR) is 91.7 cm³/mol. The van der Waals surface area contributed by atoms with E-state index in [9.17, 15) is 4.79 Å². The molecule has 0 bridgehead atoms. The number of fused-ring (bicyclic) bond motifs is 1. The Bertz CT molecular complexity index is 723. The van der Waals surface area contributed by atoms with Gasteiger partial charge in [0.25, 0.3) is 5.91 Å². The summed E-state index contributed by atoms with van der Waals surface area (Å²) in [6, 6.07) is 8.04. The molecule has 1 atom stereocenters. The number of nitrogens with one attached hydrogen (secondary N) is 1. The number of pyridine rings is 1. The van der Waals surface area contributed by atoms with Crippen LogP contribution >= 0.6 is 0 Å². The lowest BCUT2D eigenvalue weighted by atomic mass is 10.0. The van der Waals surface area contributed by atoms with Crippen molar-refractivity contribution in [3.63, 3.8) is 0 Å². The average molecular weight is 312 g/mol. The van der Waals surface area contributed by atoms with Crippen LogP contribution in [0.15, 0.2) is 24.3 Å². The molecule has 1 unspecified atom stereocenters. The lowest BCUT2D eigenvalue weighted by Gasteiger charge is -2.13. The zero-order valence-corrected chi connectivity index (χ0v) is 13.8. The van der Waals surface area contributed by atoms with E-state index in [2.05, 4.69) is 5.32 Å². The minimum atomic E-state index is -0.0466. The van der Waals surface area contributed by atoms with Gasteiger partial charge in [-0.15, -0.1) is 0 Å². The van der Waals surface area contributed by atoms with Crippen molar-refractivity contribution in [2.24, 2.45) is 5.92 Å². The molecule has 1 saturated carbocycles. The molecule has 23 heavy (non-hydrogen) atoms. The van der Waals surface area contributed by atoms with Crippen LogP contribution in [0.25, 0.3) is 10.9 Å². The summed E-state index contributed by atoms with van der Waals surface area (Å²) in [5.74, 6) is 0.733. The Morgan fingerprint density at radius 3 is 2.87 bits per heavy atom. The van der Waals surface area contributed by atoms with Gasteiger partial charge in [0.05, 0.1) is 11.1 Å². The summed E-state index contributed by atoms with van der Waals surface area (Å²) >= 11 is 0. The van der Waals surface area contributed by atoms with Crippen molar-refractivity contribution in [2.45, 2.75) is 39.0 Å². The van der Waals surface area contributed by atoms with E-state index in [0.29, 0.717) is 18.9 Å². The average Bonchev–Trinajstić information content (AvgIpc) is 3.37. The van der Waals surface area contributed by atoms with Crippen molar-refractivity contribution in [1.82, 2.24) is 10.3 Å². The second-order valence-electron chi connectivity index (χ2n) is 6.72. The topological polar surface area (TPSA) is 62.2 Å². The molecule has 0 spiro atoms. The normalized spacial score (nSPS) is 15.6. The van der Waals surface area contributed by atoms with Gasteiger partial charge in [-0.3, -0.25) is 9.78 Å². The summed E-state index contributed by atoms with van der Waals surface area (Å²) in [5, 5.41) is 12.9. The first-order chi connectivity index (χ1) is 11.1. The van der Waals surface area contributed by atoms with Crippen LogP contribution in [0.3, 0.4) is 0 Å². The Kier molecular flexibility index (Phi) is 4.62. The van der Waals surface area contributed by atoms with Crippen molar-refractivity contribution in [2.75, 3.05) is 13.2 Å². The van der Waals surface area contributed by atoms with Gasteiger partial charge < -0.3 is 10.4 Å². The first kappa shape index (κ1) is 15.9. The summed E-state index contributed by atoms with van der Waals surface area (Å²) in [6.45, 7) is 4.79. The van der Waals surface area contributed by atoms with Crippen LogP contribution in [0.2, 0.25) is 0 Å². The van der Waals surface area contributed by atoms with E-state index in [1.54, 1.807) is 0 Å². The summed E-state index contributed by atoms with van der Waals surface area (Å²) in [5.41, 5.74) is 3.78. The van der Waals surface area contributed by atoms with Crippen molar-refractivity contribution >= 4 is 16.8 Å². The van der Waals surface area contributed by atoms with E-state index in [-0.39, 0.29) is 18.4 Å². The molecule has 4 nitrogen and oxygen atoms in total. The zero-order chi connectivity index (χ0) is 16.4. The van der Waals surface area contributed by atoms with Crippen LogP contribution in [0, 0.1) is 12.8 Å². The highest BCUT2D eigenvalue weighted by molar-refractivity contribution is 6.06. The van der Waals surface area contributed by atoms with Gasteiger partial charge in [0.15, 0.2) is 0 Å². The molecule has 122 valence electrons. The van der Waals surface area contributed by atoms with Crippen LogP contribution in [-0.4, -0.2) is 29.1 Å². The molecule has 0 saturated heterocycles. The molecule has 1 fully saturated rings. The zero-order valence-electron chi connectivity index (χ0n) is 13.8. The van der Waals surface area contributed by atoms with E-state index in [1.165, 1.54) is 12.8 Å². The molecule has 4 heteroatoms. The molecular formula is C19H24N2O2. The molecule has 1 aliphatic carbocycles. The fourth-order valence-corrected chi connectivity index (χ4v) is 2.82. The molecule has 1 aromatic carbocycles. The number of rotatable bonds is 6. The second kappa shape index (κ2) is 6.67. The van der Waals surface area contributed by atoms with Crippen LogP contribution in [-0.2, 0) is 0 Å². The highest BCUT2D eigenvalue weighted by Gasteiger charge is 2.27. The maximum absolute atomic E-state index is 12.7. The van der Waals surface area contributed by atoms with Crippen molar-refractivity contribution < 1.29 is 9.90 Å². The summed E-state index contributed by atoms with van der Waals surface area (Å²) in [4.78, 5) is 17.4. The van der Waals surface area contributed by atoms with Gasteiger partial charge >= 0.3 is 0 Å². The van der Waals surface area contributed by atoms with E-state index < -0.39 is 0 Å². The van der Waals surface area contributed by atoms with Crippen LogP contribution < -0.4 is 5.32 Å². The number of benzene rings is 1. The third-order valence-corrected chi connectivity index (χ3v) is 4.46. The molecule has 2 aromatic rings. The molecule has 3 rings (SSSR count). The lowest BCUT2D eigenvalue weighted by molar-refractivity contribution is 0.0947. The maximum atomic E-state index is 12.7. The largest absolute Gasteiger partial charge is 0.396 e. The van der Waals surface area contributed by atoms with E-state index in [1.807, 2.05) is 38.1 Å². The standard InChI is InChI=1S/C19H24N2O2/c1-12-3-6-17-15(9-12)16(10-18(21-17)14-4-5-14)19(23)20-11-13(2)7-8-22/h3,6,9-10,13-14,22H,4-5,7-8,11H2,1-2H3,(H,20,23). The number of hydrogen-bond acceptors (Lipinski definition) is 3. The molecular weight excluding hydrogens is 288 g/mol. The Hall–Kier alpha value is -1.94. The Balaban J connectivity index is 1.90. The van der Waals surface area contributed by atoms with Gasteiger partial charge in [0.1, 0.15) is 0 Å². The molecule has 1 heterocycles. The predicted octanol–water partition coefficient (Wildman–Crippen LogP) is 3.17. The van der Waals surface area contributed by atoms with Crippen LogP contribution in [0.1, 0.15) is 53.7 Å². The molecule has 2 N–H and O–H groups in total. The summed E-state index contributed by atoms with van der Waals surface area (Å²) in [7, 11) is 0. The third-order valence-electron chi connectivity index (χ3n) is 4.46. The molecule has 1 aliphatic rings. The number of aliphatic hydroxyl groups excluding tert-OH is 1. The molecule has 0 aliphatic heterocycles. The van der Waals surface area contributed by atoms with Crippen LogP contribution in [0.5, 0.6) is 0 Å². The fourth-order valence-electron chi connectivity index (χ4n) is 2.82. The van der Waals surface area contributed by atoms with Gasteiger partial charge in [-0.25, -0.2) is 0 Å². The Morgan fingerprint density at radius 1 is 1.39 bits per heavy atom. The second-order valence-corrected chi connectivity index (χ2v) is 6.72. The number of carbonyl (C=O) groups excluding carboxylic acids is 1. The minimum Gasteiger partial charge on any atom is -0.396 e. The highest BCUT2D eigenvalue weighted by atomic mass is 16.3. The molecule has 1 aromatic heterocycles. The van der Waals surface area contributed by atoms with Crippen molar-refractivity contribution in [3.8, 4) is 0 Å². The fraction of sp³-hybridized carbons (Fsp3) is 0.474. The van der Waals surface area contributed by atoms with Crippen molar-refractivity contribution in [3.05, 3.63) is 41.1 Å². The number of aryl methyl sites for hydroxylation is 1. The van der Waals surface area contributed by atoms with E-state index in [0.717, 1.165) is 27.7 Å². The Morgan fingerprint density at radius 2 is 2.17 bits per heavy atom. The SMILES string of the molecule is Cc1ccc2nc(C3CC3)cc(C(=O)NCC(C)CCO)c2c1. The number of carbonyl (C=O) groups is 1. The minimum absolute atomic E-state index is 0.0466. The smallest absolute Gasteiger partial charge is 0.252 e. The van der Waals surface area contributed by atoms with Gasteiger partial charge in [0.2, 0.25) is 0 Å². The van der Waals surface area contributed by atoms with Crippen molar-refractivity contribution in [1.29, 1.82) is 0 Å². The summed E-state index contributed by atoms with van der Waals surface area (Å²) < 4.78 is 0. The summed E-state index contributed by atoms with van der Waals surface area (Å²) in [6.07, 6.45) is 3.03. The molecule has 0 radical (unpaired) electrons. The third kappa shape index (κ3) is 3.70. The first-order valence-electron chi connectivity index (χ1n) is 8.39. The lowest BCUT2D eigenvalue weighted by Crippen LogP contribution is -2.29. The van der Waals surface area contributed by atoms with Gasteiger partial charge in [-0.05, 0) is 50.3 Å². The number of nitrogens with zero attached hydrogens (tertiary/aromatic N) is 1. The quantitative estimate of drug-likeness (QED) is 0.861. The number of hydrogen-bond donors (Lipinski definition) is 2. The highest BCUT2D eigenvalue weighted by Crippen LogP contribution is 2.40. The molecule has 1 amide bonds. The maximum Gasteiger partial charge on any atom is 0.252 e. The number of amides is 1. The van der Waals surface area contributed by atoms with Gasteiger partial charge in [0, 0.05) is 30.1 Å². The van der Waals surface area contributed by atoms with Gasteiger partial charge in [-0.2, -0.15) is 0 Å². The van der Waals surface area contributed by atoms with Crippen LogP contribution in [0.4, 0.5) is 0 Å². The number of aliphatic hydroxyl groups is 1. The first-order valence-corrected chi connectivity index (χ1v) is 8.39.